The molecule has 21 heavy (non-hydrogen) atoms. The number of aliphatic hydroxyl groups is 1. The van der Waals surface area contributed by atoms with Gasteiger partial charge in [0.15, 0.2) is 0 Å². The highest BCUT2D eigenvalue weighted by Crippen LogP contribution is 2.16. The summed E-state index contributed by atoms with van der Waals surface area (Å²) in [5.41, 5.74) is 3.05. The van der Waals surface area contributed by atoms with Crippen molar-refractivity contribution in [3.8, 4) is 5.75 Å². The number of rotatable bonds is 7. The molecule has 2 rings (SSSR count). The third-order valence-electron chi connectivity index (χ3n) is 3.28. The van der Waals surface area contributed by atoms with Crippen molar-refractivity contribution in [3.63, 3.8) is 0 Å². The second kappa shape index (κ2) is 7.22. The Bertz CT molecular complexity index is 560. The van der Waals surface area contributed by atoms with Gasteiger partial charge in [-0.25, -0.2) is 0 Å². The zero-order valence-corrected chi connectivity index (χ0v) is 12.9. The Balaban J connectivity index is 1.78. The lowest BCUT2D eigenvalue weighted by molar-refractivity contribution is 0.168. The normalized spacial score (nSPS) is 12.4. The van der Waals surface area contributed by atoms with Crippen LogP contribution in [0.5, 0.6) is 5.75 Å². The molecule has 114 valence electrons. The van der Waals surface area contributed by atoms with Crippen LogP contribution in [0.15, 0.2) is 24.4 Å². The van der Waals surface area contributed by atoms with Crippen LogP contribution in [0.1, 0.15) is 42.7 Å². The van der Waals surface area contributed by atoms with E-state index < -0.39 is 6.10 Å². The molecule has 5 nitrogen and oxygen atoms in total. The molecule has 0 saturated heterocycles. The summed E-state index contributed by atoms with van der Waals surface area (Å²) in [7, 11) is 0. The molecule has 0 aliphatic heterocycles. The van der Waals surface area contributed by atoms with E-state index in [4.69, 9.17) is 4.74 Å². The van der Waals surface area contributed by atoms with Crippen molar-refractivity contribution in [2.24, 2.45) is 0 Å². The smallest absolute Gasteiger partial charge is 0.119 e. The molecule has 5 heteroatoms. The van der Waals surface area contributed by atoms with Crippen LogP contribution in [0.4, 0.5) is 0 Å². The average molecular weight is 289 g/mol. The summed E-state index contributed by atoms with van der Waals surface area (Å²) in [6.07, 6.45) is 2.77. The van der Waals surface area contributed by atoms with E-state index >= 15 is 0 Å². The van der Waals surface area contributed by atoms with E-state index in [1.54, 1.807) is 10.9 Å². The second-order valence-corrected chi connectivity index (χ2v) is 5.36. The number of benzene rings is 1. The first-order valence-corrected chi connectivity index (χ1v) is 7.37. The lowest BCUT2D eigenvalue weighted by Crippen LogP contribution is -2.05. The first-order valence-electron chi connectivity index (χ1n) is 7.37. The maximum atomic E-state index is 9.67. The molecule has 1 unspecified atom stereocenters. The van der Waals surface area contributed by atoms with Crippen molar-refractivity contribution in [1.29, 1.82) is 0 Å². The molecule has 1 aromatic carbocycles. The van der Waals surface area contributed by atoms with Crippen LogP contribution >= 0.6 is 0 Å². The number of aryl methyl sites for hydroxylation is 3. The third-order valence-corrected chi connectivity index (χ3v) is 3.28. The summed E-state index contributed by atoms with van der Waals surface area (Å²) in [6, 6.07) is 6.21. The maximum absolute atomic E-state index is 9.67. The Labute approximate surface area is 125 Å². The minimum atomic E-state index is -0.523. The number of hydrogen-bond donors (Lipinski definition) is 1. The van der Waals surface area contributed by atoms with Crippen LogP contribution in [0.3, 0.4) is 0 Å². The first kappa shape index (κ1) is 15.5. The SMILES string of the molecule is CCC(O)c1cn(CCCOc2cc(C)cc(C)c2)nn1. The van der Waals surface area contributed by atoms with Crippen molar-refractivity contribution in [2.45, 2.75) is 46.3 Å². The van der Waals surface area contributed by atoms with Gasteiger partial charge in [0.25, 0.3) is 0 Å². The van der Waals surface area contributed by atoms with Gasteiger partial charge in [-0.05, 0) is 43.5 Å². The highest BCUT2D eigenvalue weighted by Gasteiger charge is 2.09. The molecule has 0 saturated carbocycles. The predicted molar refractivity (Wildman–Crippen MR) is 81.3 cm³/mol. The van der Waals surface area contributed by atoms with Gasteiger partial charge in [0, 0.05) is 13.0 Å². The molecule has 1 heterocycles. The molecular weight excluding hydrogens is 266 g/mol. The molecule has 1 atom stereocenters. The molecule has 1 N–H and O–H groups in total. The summed E-state index contributed by atoms with van der Waals surface area (Å²) in [6.45, 7) is 7.41. The van der Waals surface area contributed by atoms with Crippen LogP contribution in [-0.2, 0) is 6.54 Å². The number of aromatic nitrogens is 3. The van der Waals surface area contributed by atoms with Crippen molar-refractivity contribution in [1.82, 2.24) is 15.0 Å². The first-order chi connectivity index (χ1) is 10.1. The fourth-order valence-electron chi connectivity index (χ4n) is 2.22. The summed E-state index contributed by atoms with van der Waals surface area (Å²) in [5, 5.41) is 17.7. The summed E-state index contributed by atoms with van der Waals surface area (Å²) in [5.74, 6) is 0.910. The van der Waals surface area contributed by atoms with Crippen molar-refractivity contribution < 1.29 is 9.84 Å². The molecule has 2 aromatic rings. The van der Waals surface area contributed by atoms with E-state index in [0.29, 0.717) is 18.7 Å². The highest BCUT2D eigenvalue weighted by molar-refractivity contribution is 5.32. The monoisotopic (exact) mass is 289 g/mol. The molecule has 0 spiro atoms. The Kier molecular flexibility index (Phi) is 5.33. The van der Waals surface area contributed by atoms with Gasteiger partial charge in [0.2, 0.25) is 0 Å². The lowest BCUT2D eigenvalue weighted by atomic mass is 10.1. The molecule has 0 aliphatic rings. The maximum Gasteiger partial charge on any atom is 0.119 e. The van der Waals surface area contributed by atoms with Gasteiger partial charge in [0.05, 0.1) is 18.9 Å². The zero-order valence-electron chi connectivity index (χ0n) is 12.9. The Morgan fingerprint density at radius 3 is 2.62 bits per heavy atom. The van der Waals surface area contributed by atoms with Crippen LogP contribution < -0.4 is 4.74 Å². The van der Waals surface area contributed by atoms with E-state index in [2.05, 4.69) is 30.2 Å². The van der Waals surface area contributed by atoms with Gasteiger partial charge < -0.3 is 9.84 Å². The van der Waals surface area contributed by atoms with E-state index in [1.165, 1.54) is 11.1 Å². The largest absolute Gasteiger partial charge is 0.494 e. The van der Waals surface area contributed by atoms with Crippen molar-refractivity contribution in [2.75, 3.05) is 6.61 Å². The number of hydrogen-bond acceptors (Lipinski definition) is 4. The fourth-order valence-corrected chi connectivity index (χ4v) is 2.22. The average Bonchev–Trinajstić information content (AvgIpc) is 2.90. The zero-order chi connectivity index (χ0) is 15.2. The van der Waals surface area contributed by atoms with Gasteiger partial charge in [0.1, 0.15) is 11.4 Å². The minimum absolute atomic E-state index is 0.523. The lowest BCUT2D eigenvalue weighted by Gasteiger charge is -2.08. The van der Waals surface area contributed by atoms with Crippen molar-refractivity contribution >= 4 is 0 Å². The van der Waals surface area contributed by atoms with Crippen molar-refractivity contribution in [3.05, 3.63) is 41.2 Å². The van der Waals surface area contributed by atoms with Gasteiger partial charge in [-0.15, -0.1) is 5.10 Å². The molecule has 0 fully saturated rings. The molecule has 1 aromatic heterocycles. The topological polar surface area (TPSA) is 60.2 Å². The molecule has 0 amide bonds. The molecule has 0 bridgehead atoms. The van der Waals surface area contributed by atoms with Crippen LogP contribution in [0.2, 0.25) is 0 Å². The Morgan fingerprint density at radius 2 is 1.95 bits per heavy atom. The van der Waals surface area contributed by atoms with Crippen LogP contribution in [-0.4, -0.2) is 26.7 Å². The molecule has 0 radical (unpaired) electrons. The van der Waals surface area contributed by atoms with Crippen LogP contribution in [0.25, 0.3) is 0 Å². The van der Waals surface area contributed by atoms with Crippen LogP contribution in [0, 0.1) is 13.8 Å². The Morgan fingerprint density at radius 1 is 1.24 bits per heavy atom. The number of ether oxygens (including phenoxy) is 1. The second-order valence-electron chi connectivity index (χ2n) is 5.36. The molecular formula is C16H23N3O2. The van der Waals surface area contributed by atoms with Gasteiger partial charge in [-0.1, -0.05) is 18.2 Å². The van der Waals surface area contributed by atoms with E-state index in [9.17, 15) is 5.11 Å². The standard InChI is InChI=1S/C16H23N3O2/c1-4-16(20)15-11-19(18-17-15)6-5-7-21-14-9-12(2)8-13(3)10-14/h8-11,16,20H,4-7H2,1-3H3. The quantitative estimate of drug-likeness (QED) is 0.796. The van der Waals surface area contributed by atoms with E-state index in [0.717, 1.165) is 18.7 Å². The van der Waals surface area contributed by atoms with Gasteiger partial charge >= 0.3 is 0 Å². The van der Waals surface area contributed by atoms with Gasteiger partial charge in [-0.2, -0.15) is 0 Å². The Hall–Kier alpha value is -1.88. The fraction of sp³-hybridized carbons (Fsp3) is 0.500. The predicted octanol–water partition coefficient (Wildman–Crippen LogP) is 2.81. The highest BCUT2D eigenvalue weighted by atomic mass is 16.5. The third kappa shape index (κ3) is 4.56. The van der Waals surface area contributed by atoms with E-state index in [-0.39, 0.29) is 0 Å². The summed E-state index contributed by atoms with van der Waals surface area (Å²) < 4.78 is 7.50. The summed E-state index contributed by atoms with van der Waals surface area (Å²) >= 11 is 0. The van der Waals surface area contributed by atoms with E-state index in [1.807, 2.05) is 19.1 Å². The van der Waals surface area contributed by atoms with Gasteiger partial charge in [-0.3, -0.25) is 4.68 Å². The number of nitrogens with zero attached hydrogens (tertiary/aromatic N) is 3. The summed E-state index contributed by atoms with van der Waals surface area (Å²) in [4.78, 5) is 0. The minimum Gasteiger partial charge on any atom is -0.494 e. The number of aliphatic hydroxyl groups excluding tert-OH is 1. The molecule has 0 aliphatic carbocycles.